The summed E-state index contributed by atoms with van der Waals surface area (Å²) in [5.74, 6) is 0. The lowest BCUT2D eigenvalue weighted by atomic mass is 10.2. The molecule has 106 valence electrons. The number of thioether (sulfide) groups is 1. The van der Waals surface area contributed by atoms with Gasteiger partial charge in [0, 0.05) is 23.4 Å². The van der Waals surface area contributed by atoms with Crippen molar-refractivity contribution in [3.05, 3.63) is 32.3 Å². The number of nitrogens with zero attached hydrogens (tertiary/aromatic N) is 1. The standard InChI is InChI=1S/C11H14Cl2N2O3S/c1-6(10(5-16)19-2)14-11-8(12)3-7(15(17)18)4-9(11)13/h3-4,6,10,14,16H,5H2,1-2H3. The minimum Gasteiger partial charge on any atom is -0.395 e. The van der Waals surface area contributed by atoms with Gasteiger partial charge in [-0.3, -0.25) is 10.1 Å². The maximum atomic E-state index is 10.7. The Kier molecular flexibility index (Phi) is 6.19. The van der Waals surface area contributed by atoms with Crippen LogP contribution in [-0.2, 0) is 0 Å². The highest BCUT2D eigenvalue weighted by atomic mass is 35.5. The maximum absolute atomic E-state index is 10.7. The number of nitrogens with one attached hydrogen (secondary N) is 1. The Labute approximate surface area is 125 Å². The van der Waals surface area contributed by atoms with Crippen LogP contribution < -0.4 is 5.32 Å². The van der Waals surface area contributed by atoms with Crippen LogP contribution in [0.3, 0.4) is 0 Å². The van der Waals surface area contributed by atoms with E-state index in [9.17, 15) is 15.2 Å². The predicted octanol–water partition coefficient (Wildman–Crippen LogP) is 3.43. The number of aliphatic hydroxyl groups excluding tert-OH is 1. The molecule has 0 saturated carbocycles. The van der Waals surface area contributed by atoms with Gasteiger partial charge < -0.3 is 10.4 Å². The van der Waals surface area contributed by atoms with Crippen LogP contribution in [0, 0.1) is 10.1 Å². The molecule has 0 aliphatic carbocycles. The zero-order valence-corrected chi connectivity index (χ0v) is 12.7. The van der Waals surface area contributed by atoms with Crippen LogP contribution in [0.2, 0.25) is 10.0 Å². The first kappa shape index (κ1) is 16.4. The van der Waals surface area contributed by atoms with Crippen molar-refractivity contribution >= 4 is 46.3 Å². The van der Waals surface area contributed by atoms with Gasteiger partial charge in [0.25, 0.3) is 5.69 Å². The first-order chi connectivity index (χ1) is 8.90. The molecule has 1 rings (SSSR count). The van der Waals surface area contributed by atoms with Gasteiger partial charge in [-0.05, 0) is 13.2 Å². The van der Waals surface area contributed by atoms with Crippen molar-refractivity contribution in [3.63, 3.8) is 0 Å². The third kappa shape index (κ3) is 4.14. The quantitative estimate of drug-likeness (QED) is 0.619. The van der Waals surface area contributed by atoms with Gasteiger partial charge in [0.05, 0.1) is 27.3 Å². The maximum Gasteiger partial charge on any atom is 0.272 e. The molecule has 0 aromatic heterocycles. The lowest BCUT2D eigenvalue weighted by molar-refractivity contribution is -0.384. The van der Waals surface area contributed by atoms with Gasteiger partial charge in [-0.1, -0.05) is 23.2 Å². The van der Waals surface area contributed by atoms with E-state index in [0.29, 0.717) is 5.69 Å². The summed E-state index contributed by atoms with van der Waals surface area (Å²) in [5, 5.41) is 23.3. The zero-order chi connectivity index (χ0) is 14.6. The van der Waals surface area contributed by atoms with Crippen molar-refractivity contribution in [1.29, 1.82) is 0 Å². The van der Waals surface area contributed by atoms with Gasteiger partial charge in [-0.25, -0.2) is 0 Å². The summed E-state index contributed by atoms with van der Waals surface area (Å²) in [7, 11) is 0. The lowest BCUT2D eigenvalue weighted by Gasteiger charge is -2.23. The Morgan fingerprint density at radius 3 is 2.37 bits per heavy atom. The van der Waals surface area contributed by atoms with Crippen molar-refractivity contribution < 1.29 is 10.0 Å². The van der Waals surface area contributed by atoms with E-state index >= 15 is 0 Å². The number of rotatable bonds is 6. The van der Waals surface area contributed by atoms with Gasteiger partial charge in [-0.2, -0.15) is 11.8 Å². The van der Waals surface area contributed by atoms with Crippen LogP contribution in [0.1, 0.15) is 6.92 Å². The van der Waals surface area contributed by atoms with Crippen molar-refractivity contribution in [2.45, 2.75) is 18.2 Å². The molecule has 8 heteroatoms. The smallest absolute Gasteiger partial charge is 0.272 e. The van der Waals surface area contributed by atoms with E-state index < -0.39 is 4.92 Å². The number of hydrogen-bond acceptors (Lipinski definition) is 5. The molecule has 0 fully saturated rings. The number of hydrogen-bond donors (Lipinski definition) is 2. The number of non-ortho nitro benzene ring substituents is 1. The van der Waals surface area contributed by atoms with E-state index in [-0.39, 0.29) is 33.6 Å². The number of halogens is 2. The molecule has 0 amide bonds. The van der Waals surface area contributed by atoms with Crippen LogP contribution in [0.15, 0.2) is 12.1 Å². The fourth-order valence-electron chi connectivity index (χ4n) is 1.56. The monoisotopic (exact) mass is 324 g/mol. The molecule has 2 atom stereocenters. The first-order valence-corrected chi connectivity index (χ1v) is 7.48. The molecule has 5 nitrogen and oxygen atoms in total. The Bertz CT molecular complexity index is 446. The molecule has 0 heterocycles. The fourth-order valence-corrected chi connectivity index (χ4v) is 2.77. The van der Waals surface area contributed by atoms with E-state index in [4.69, 9.17) is 23.2 Å². The molecule has 2 N–H and O–H groups in total. The van der Waals surface area contributed by atoms with E-state index in [0.717, 1.165) is 0 Å². The molecule has 0 radical (unpaired) electrons. The molecule has 0 saturated heterocycles. The number of nitro groups is 1. The Morgan fingerprint density at radius 2 is 2.00 bits per heavy atom. The average molecular weight is 325 g/mol. The highest BCUT2D eigenvalue weighted by Crippen LogP contribution is 2.35. The summed E-state index contributed by atoms with van der Waals surface area (Å²) in [6.45, 7) is 1.89. The predicted molar refractivity (Wildman–Crippen MR) is 80.6 cm³/mol. The van der Waals surface area contributed by atoms with Gasteiger partial charge in [-0.15, -0.1) is 0 Å². The Morgan fingerprint density at radius 1 is 1.47 bits per heavy atom. The summed E-state index contributed by atoms with van der Waals surface area (Å²) in [6.07, 6.45) is 1.89. The molecule has 1 aromatic rings. The molecule has 0 bridgehead atoms. The molecule has 2 unspecified atom stereocenters. The normalized spacial score (nSPS) is 13.9. The van der Waals surface area contributed by atoms with Crippen molar-refractivity contribution in [2.24, 2.45) is 0 Å². The second-order valence-corrected chi connectivity index (χ2v) is 5.82. The molecule has 0 aliphatic rings. The molecule has 1 aromatic carbocycles. The second-order valence-electron chi connectivity index (χ2n) is 3.93. The molecule has 0 aliphatic heterocycles. The number of benzene rings is 1. The van der Waals surface area contributed by atoms with Crippen LogP contribution in [0.5, 0.6) is 0 Å². The summed E-state index contributed by atoms with van der Waals surface area (Å²) in [5.41, 5.74) is 0.283. The topological polar surface area (TPSA) is 75.4 Å². The van der Waals surface area contributed by atoms with E-state index in [1.165, 1.54) is 23.9 Å². The molecule has 0 spiro atoms. The summed E-state index contributed by atoms with van der Waals surface area (Å²) >= 11 is 13.5. The van der Waals surface area contributed by atoms with Gasteiger partial charge >= 0.3 is 0 Å². The highest BCUT2D eigenvalue weighted by molar-refractivity contribution is 7.99. The lowest BCUT2D eigenvalue weighted by Crippen LogP contribution is -2.31. The zero-order valence-electron chi connectivity index (χ0n) is 10.4. The van der Waals surface area contributed by atoms with Crippen LogP contribution in [0.4, 0.5) is 11.4 Å². The molecular weight excluding hydrogens is 311 g/mol. The molecule has 19 heavy (non-hydrogen) atoms. The van der Waals surface area contributed by atoms with Gasteiger partial charge in [0.2, 0.25) is 0 Å². The van der Waals surface area contributed by atoms with Crippen molar-refractivity contribution in [1.82, 2.24) is 0 Å². The number of aliphatic hydroxyl groups is 1. The average Bonchev–Trinajstić information content (AvgIpc) is 2.34. The number of anilines is 1. The summed E-state index contributed by atoms with van der Waals surface area (Å²) < 4.78 is 0. The summed E-state index contributed by atoms with van der Waals surface area (Å²) in [6, 6.07) is 2.40. The van der Waals surface area contributed by atoms with E-state index in [1.54, 1.807) is 0 Å². The second kappa shape index (κ2) is 7.19. The largest absolute Gasteiger partial charge is 0.395 e. The van der Waals surface area contributed by atoms with E-state index in [1.807, 2.05) is 13.2 Å². The van der Waals surface area contributed by atoms with Crippen molar-refractivity contribution in [2.75, 3.05) is 18.2 Å². The first-order valence-electron chi connectivity index (χ1n) is 5.44. The van der Waals surface area contributed by atoms with Crippen molar-refractivity contribution in [3.8, 4) is 0 Å². The minimum absolute atomic E-state index is 0.0115. The Hall–Kier alpha value is -0.690. The van der Waals surface area contributed by atoms with Gasteiger partial charge in [0.1, 0.15) is 0 Å². The summed E-state index contributed by atoms with van der Waals surface area (Å²) in [4.78, 5) is 10.1. The third-order valence-corrected chi connectivity index (χ3v) is 4.41. The number of nitro benzene ring substituents is 1. The van der Waals surface area contributed by atoms with Gasteiger partial charge in [0.15, 0.2) is 0 Å². The minimum atomic E-state index is -0.552. The SMILES string of the molecule is CSC(CO)C(C)Nc1c(Cl)cc([N+](=O)[O-])cc1Cl. The van der Waals surface area contributed by atoms with Crippen LogP contribution in [-0.4, -0.2) is 34.2 Å². The van der Waals surface area contributed by atoms with Crippen LogP contribution >= 0.6 is 35.0 Å². The third-order valence-electron chi connectivity index (χ3n) is 2.65. The van der Waals surface area contributed by atoms with E-state index in [2.05, 4.69) is 5.32 Å². The Balaban J connectivity index is 2.99. The highest BCUT2D eigenvalue weighted by Gasteiger charge is 2.20. The molecular formula is C11H14Cl2N2O3S. The van der Waals surface area contributed by atoms with Crippen LogP contribution in [0.25, 0.3) is 0 Å². The fraction of sp³-hybridized carbons (Fsp3) is 0.455.